The number of ether oxygens (including phenoxy) is 1. The second-order valence-corrected chi connectivity index (χ2v) is 8.85. The second-order valence-electron chi connectivity index (χ2n) is 8.85. The molecule has 13 nitrogen and oxygen atoms in total. The van der Waals surface area contributed by atoms with Gasteiger partial charge >= 0.3 is 5.97 Å². The molecule has 0 saturated carbocycles. The minimum absolute atomic E-state index is 0.0383. The van der Waals surface area contributed by atoms with Crippen molar-refractivity contribution < 1.29 is 24.9 Å². The van der Waals surface area contributed by atoms with Crippen LogP contribution in [0.4, 0.5) is 11.4 Å². The molecule has 4 aromatic rings. The molecule has 0 amide bonds. The van der Waals surface area contributed by atoms with Crippen molar-refractivity contribution in [1.29, 1.82) is 0 Å². The number of nitrogen functional groups attached to an aromatic ring is 1. The first-order valence-electron chi connectivity index (χ1n) is 11.7. The fourth-order valence-electron chi connectivity index (χ4n) is 4.67. The number of aliphatic hydroxyl groups excluding tert-OH is 2. The number of aromatic carboxylic acids is 1. The number of unbranched alkanes of at least 4 members (excludes halogenated alkanes) is 1. The number of fused-ring (bicyclic) bond motifs is 2. The molecule has 1 saturated heterocycles. The third-order valence-electron chi connectivity index (χ3n) is 6.54. The molecular formula is C23H28N8O5. The van der Waals surface area contributed by atoms with E-state index in [1.165, 1.54) is 10.9 Å². The third kappa shape index (κ3) is 3.81. The minimum Gasteiger partial charge on any atom is -0.478 e. The van der Waals surface area contributed by atoms with Crippen LogP contribution >= 0.6 is 0 Å². The average Bonchev–Trinajstić information content (AvgIpc) is 3.54. The highest BCUT2D eigenvalue weighted by Gasteiger charge is 2.46. The van der Waals surface area contributed by atoms with Crippen LogP contribution in [0.25, 0.3) is 22.1 Å². The van der Waals surface area contributed by atoms with Gasteiger partial charge in [-0.25, -0.2) is 24.1 Å². The predicted octanol–water partition coefficient (Wildman–Crippen LogP) is 1.30. The molecule has 0 bridgehead atoms. The van der Waals surface area contributed by atoms with Crippen molar-refractivity contribution in [2.45, 2.75) is 57.7 Å². The summed E-state index contributed by atoms with van der Waals surface area (Å²) in [5.74, 6) is -1.17. The molecule has 4 atom stereocenters. The van der Waals surface area contributed by atoms with Gasteiger partial charge in [-0.1, -0.05) is 13.3 Å². The number of aromatic nitrogens is 6. The normalized spacial score (nSPS) is 22.0. The highest BCUT2D eigenvalue weighted by atomic mass is 16.5. The number of hydrogen-bond acceptors (Lipinski definition) is 10. The van der Waals surface area contributed by atoms with E-state index < -0.39 is 37.1 Å². The van der Waals surface area contributed by atoms with Crippen molar-refractivity contribution in [1.82, 2.24) is 29.5 Å². The van der Waals surface area contributed by atoms with Crippen molar-refractivity contribution in [3.63, 3.8) is 0 Å². The summed E-state index contributed by atoms with van der Waals surface area (Å²) in [4.78, 5) is 21.2. The van der Waals surface area contributed by atoms with Gasteiger partial charge in [-0.2, -0.15) is 10.2 Å². The molecule has 4 aromatic heterocycles. The summed E-state index contributed by atoms with van der Waals surface area (Å²) in [5.41, 5.74) is 8.03. The monoisotopic (exact) mass is 496 g/mol. The molecule has 4 unspecified atom stereocenters. The number of carboxylic acids is 1. The van der Waals surface area contributed by atoms with E-state index >= 15 is 0 Å². The van der Waals surface area contributed by atoms with E-state index in [0.717, 1.165) is 12.8 Å². The molecule has 5 rings (SSSR count). The zero-order valence-electron chi connectivity index (χ0n) is 19.9. The fourth-order valence-corrected chi connectivity index (χ4v) is 4.67. The number of aliphatic hydroxyl groups is 2. The van der Waals surface area contributed by atoms with Crippen LogP contribution in [0.3, 0.4) is 0 Å². The SMILES string of the molecule is CCCCn1ncc2c(NC3C(O)C(CO)OC3n3ncc4c(N)ccnc43)c(C(=O)O)c(C)nc21. The minimum atomic E-state index is -1.19. The Balaban J connectivity index is 1.63. The topological polar surface area (TPSA) is 186 Å². The van der Waals surface area contributed by atoms with E-state index in [9.17, 15) is 20.1 Å². The van der Waals surface area contributed by atoms with Crippen molar-refractivity contribution in [3.05, 3.63) is 35.9 Å². The van der Waals surface area contributed by atoms with Crippen molar-refractivity contribution in [3.8, 4) is 0 Å². The number of rotatable bonds is 8. The lowest BCUT2D eigenvalue weighted by Gasteiger charge is -2.25. The van der Waals surface area contributed by atoms with E-state index in [1.54, 1.807) is 30.1 Å². The highest BCUT2D eigenvalue weighted by Crippen LogP contribution is 2.37. The molecule has 0 radical (unpaired) electrons. The summed E-state index contributed by atoms with van der Waals surface area (Å²) in [7, 11) is 0. The molecule has 0 aromatic carbocycles. The number of pyridine rings is 2. The third-order valence-corrected chi connectivity index (χ3v) is 6.54. The second kappa shape index (κ2) is 9.33. The zero-order chi connectivity index (χ0) is 25.6. The van der Waals surface area contributed by atoms with E-state index in [0.29, 0.717) is 40.0 Å². The largest absolute Gasteiger partial charge is 0.478 e. The zero-order valence-corrected chi connectivity index (χ0v) is 19.9. The number of nitrogens with two attached hydrogens (primary N) is 1. The van der Waals surface area contributed by atoms with E-state index in [2.05, 4.69) is 32.4 Å². The van der Waals surface area contributed by atoms with Crippen molar-refractivity contribution in [2.24, 2.45) is 0 Å². The number of nitrogens with zero attached hydrogens (tertiary/aromatic N) is 6. The molecule has 0 spiro atoms. The summed E-state index contributed by atoms with van der Waals surface area (Å²) >= 11 is 0. The van der Waals surface area contributed by atoms with Gasteiger partial charge in [-0.3, -0.25) is 0 Å². The smallest absolute Gasteiger partial charge is 0.339 e. The molecular weight excluding hydrogens is 468 g/mol. The van der Waals surface area contributed by atoms with Gasteiger partial charge in [0.2, 0.25) is 0 Å². The number of nitrogens with one attached hydrogen (secondary N) is 1. The van der Waals surface area contributed by atoms with Crippen LogP contribution in [-0.4, -0.2) is 75.7 Å². The maximum Gasteiger partial charge on any atom is 0.339 e. The Bertz CT molecular complexity index is 1430. The van der Waals surface area contributed by atoms with E-state index in [4.69, 9.17) is 10.5 Å². The molecule has 0 aliphatic carbocycles. The molecule has 190 valence electrons. The van der Waals surface area contributed by atoms with Crippen LogP contribution in [0.2, 0.25) is 0 Å². The Morgan fingerprint density at radius 3 is 2.75 bits per heavy atom. The van der Waals surface area contributed by atoms with E-state index in [1.807, 2.05) is 0 Å². The van der Waals surface area contributed by atoms with Crippen LogP contribution in [0, 0.1) is 6.92 Å². The standard InChI is InChI=1S/C23H28N8O5/c1-3-4-7-30-21-13(9-26-30)17(16(23(34)35)11(2)28-21)29-18-19(33)15(10-32)36-22(18)31-20-12(8-27-31)14(24)5-6-25-20/h5-6,8-9,15,18-19,22,32-33H,3-4,7,10H2,1-2H3,(H2,24,25)(H,28,29)(H,34,35). The molecule has 6 N–H and O–H groups in total. The summed E-state index contributed by atoms with van der Waals surface area (Å²) in [6, 6.07) is 0.757. The lowest BCUT2D eigenvalue weighted by molar-refractivity contribution is -0.0474. The lowest BCUT2D eigenvalue weighted by atomic mass is 10.0. The Morgan fingerprint density at radius 1 is 1.25 bits per heavy atom. The fraction of sp³-hybridized carbons (Fsp3) is 0.435. The van der Waals surface area contributed by atoms with Gasteiger partial charge in [0, 0.05) is 18.4 Å². The molecule has 1 aliphatic rings. The molecule has 5 heterocycles. The Labute approximate surface area is 205 Å². The maximum absolute atomic E-state index is 12.3. The summed E-state index contributed by atoms with van der Waals surface area (Å²) in [6.45, 7) is 3.88. The van der Waals surface area contributed by atoms with Crippen LogP contribution in [0.1, 0.15) is 42.0 Å². The van der Waals surface area contributed by atoms with Crippen LogP contribution in [-0.2, 0) is 11.3 Å². The van der Waals surface area contributed by atoms with Crippen LogP contribution < -0.4 is 11.1 Å². The summed E-state index contributed by atoms with van der Waals surface area (Å²) in [6.07, 6.45) is 3.45. The highest BCUT2D eigenvalue weighted by molar-refractivity contribution is 6.04. The number of aryl methyl sites for hydroxylation is 2. The first-order chi connectivity index (χ1) is 17.3. The Hall–Kier alpha value is -3.81. The molecule has 13 heteroatoms. The van der Waals surface area contributed by atoms with Gasteiger partial charge < -0.3 is 31.1 Å². The van der Waals surface area contributed by atoms with Crippen LogP contribution in [0.5, 0.6) is 0 Å². The summed E-state index contributed by atoms with van der Waals surface area (Å²) in [5, 5.41) is 44.1. The van der Waals surface area contributed by atoms with Gasteiger partial charge in [-0.15, -0.1) is 0 Å². The van der Waals surface area contributed by atoms with Gasteiger partial charge in [0.1, 0.15) is 23.8 Å². The van der Waals surface area contributed by atoms with Gasteiger partial charge in [0.15, 0.2) is 17.5 Å². The van der Waals surface area contributed by atoms with Crippen molar-refractivity contribution in [2.75, 3.05) is 17.7 Å². The predicted molar refractivity (Wildman–Crippen MR) is 130 cm³/mol. The maximum atomic E-state index is 12.3. The van der Waals surface area contributed by atoms with Gasteiger partial charge in [0.25, 0.3) is 0 Å². The first kappa shape index (κ1) is 23.9. The molecule has 1 fully saturated rings. The number of carbonyl (C=O) groups is 1. The quantitative estimate of drug-likeness (QED) is 0.237. The first-order valence-corrected chi connectivity index (χ1v) is 11.7. The average molecular weight is 497 g/mol. The van der Waals surface area contributed by atoms with Crippen molar-refractivity contribution >= 4 is 39.4 Å². The van der Waals surface area contributed by atoms with Crippen LogP contribution in [0.15, 0.2) is 24.7 Å². The Morgan fingerprint density at radius 2 is 2.03 bits per heavy atom. The summed E-state index contributed by atoms with van der Waals surface area (Å²) < 4.78 is 9.19. The molecule has 36 heavy (non-hydrogen) atoms. The number of carboxylic acid groups (broad SMARTS) is 1. The number of hydrogen-bond donors (Lipinski definition) is 5. The Kier molecular flexibility index (Phi) is 6.20. The lowest BCUT2D eigenvalue weighted by Crippen LogP contribution is -2.39. The van der Waals surface area contributed by atoms with Gasteiger partial charge in [-0.05, 0) is 19.4 Å². The van der Waals surface area contributed by atoms with E-state index in [-0.39, 0.29) is 11.3 Å². The molecule has 1 aliphatic heterocycles. The number of anilines is 2. The van der Waals surface area contributed by atoms with Gasteiger partial charge in [0.05, 0.1) is 41.2 Å².